The molecule has 0 atom stereocenters. The van der Waals surface area contributed by atoms with Gasteiger partial charge in [-0.15, -0.1) is 0 Å². The van der Waals surface area contributed by atoms with Gasteiger partial charge in [0.05, 0.1) is 17.4 Å². The maximum Gasteiger partial charge on any atom is 0.328 e. The van der Waals surface area contributed by atoms with Crippen molar-refractivity contribution >= 4 is 22.8 Å². The molecule has 2 N–H and O–H groups in total. The van der Waals surface area contributed by atoms with E-state index in [2.05, 4.69) is 20.3 Å². The number of imidazole rings is 1. The second kappa shape index (κ2) is 7.55. The van der Waals surface area contributed by atoms with Crippen molar-refractivity contribution in [2.24, 2.45) is 0 Å². The average Bonchev–Trinajstić information content (AvgIpc) is 3.15. The van der Waals surface area contributed by atoms with Crippen molar-refractivity contribution < 1.29 is 4.79 Å². The number of amides is 1. The highest BCUT2D eigenvalue weighted by Crippen LogP contribution is 2.13. The van der Waals surface area contributed by atoms with Gasteiger partial charge in [0.2, 0.25) is 5.95 Å². The van der Waals surface area contributed by atoms with Crippen LogP contribution in [0.2, 0.25) is 0 Å². The predicted molar refractivity (Wildman–Crippen MR) is 108 cm³/mol. The van der Waals surface area contributed by atoms with Crippen LogP contribution in [-0.2, 0) is 13.1 Å². The Labute approximate surface area is 164 Å². The van der Waals surface area contributed by atoms with Crippen LogP contribution in [0, 0.1) is 0 Å². The Morgan fingerprint density at radius 3 is 2.69 bits per heavy atom. The number of nitrogens with zero attached hydrogens (tertiary/aromatic N) is 4. The third kappa shape index (κ3) is 3.57. The van der Waals surface area contributed by atoms with Crippen molar-refractivity contribution in [1.82, 2.24) is 24.1 Å². The fourth-order valence-corrected chi connectivity index (χ4v) is 3.10. The number of hydrogen-bond acceptors (Lipinski definition) is 5. The summed E-state index contributed by atoms with van der Waals surface area (Å²) in [7, 11) is 0. The highest BCUT2D eigenvalue weighted by atomic mass is 16.2. The first-order chi connectivity index (χ1) is 14.1. The molecule has 0 saturated heterocycles. The van der Waals surface area contributed by atoms with Gasteiger partial charge in [-0.3, -0.25) is 24.5 Å². The molecular weight excluding hydrogens is 372 g/mol. The van der Waals surface area contributed by atoms with Gasteiger partial charge >= 0.3 is 5.69 Å². The van der Waals surface area contributed by atoms with E-state index in [9.17, 15) is 14.4 Å². The van der Waals surface area contributed by atoms with E-state index in [1.54, 1.807) is 42.3 Å². The van der Waals surface area contributed by atoms with Crippen molar-refractivity contribution in [2.75, 3.05) is 5.32 Å². The highest BCUT2D eigenvalue weighted by Gasteiger charge is 2.13. The molecule has 0 aliphatic rings. The summed E-state index contributed by atoms with van der Waals surface area (Å²) in [5.41, 5.74) is 0.753. The van der Waals surface area contributed by atoms with Gasteiger partial charge in [-0.1, -0.05) is 0 Å². The van der Waals surface area contributed by atoms with Crippen molar-refractivity contribution in [3.8, 4) is 0 Å². The lowest BCUT2D eigenvalue weighted by atomic mass is 10.1. The normalized spacial score (nSPS) is 10.9. The van der Waals surface area contributed by atoms with E-state index in [1.807, 2.05) is 12.1 Å². The van der Waals surface area contributed by atoms with E-state index in [4.69, 9.17) is 0 Å². The predicted octanol–water partition coefficient (Wildman–Crippen LogP) is 1.60. The Bertz CT molecular complexity index is 1300. The van der Waals surface area contributed by atoms with E-state index < -0.39 is 11.6 Å². The summed E-state index contributed by atoms with van der Waals surface area (Å²) >= 11 is 0. The molecule has 4 rings (SSSR count). The van der Waals surface area contributed by atoms with E-state index >= 15 is 0 Å². The van der Waals surface area contributed by atoms with Crippen molar-refractivity contribution in [2.45, 2.75) is 20.0 Å². The van der Waals surface area contributed by atoms with Crippen molar-refractivity contribution in [3.63, 3.8) is 0 Å². The van der Waals surface area contributed by atoms with Crippen LogP contribution >= 0.6 is 0 Å². The Morgan fingerprint density at radius 1 is 1.14 bits per heavy atom. The lowest BCUT2D eigenvalue weighted by molar-refractivity contribution is 0.102. The lowest BCUT2D eigenvalue weighted by Gasteiger charge is -2.10. The van der Waals surface area contributed by atoms with E-state index in [1.165, 1.54) is 12.1 Å². The minimum Gasteiger partial charge on any atom is -0.313 e. The van der Waals surface area contributed by atoms with Crippen LogP contribution in [0.15, 0.2) is 64.7 Å². The summed E-state index contributed by atoms with van der Waals surface area (Å²) in [4.78, 5) is 47.9. The summed E-state index contributed by atoms with van der Waals surface area (Å²) in [6.07, 6.45) is 6.77. The average molecular weight is 390 g/mol. The first kappa shape index (κ1) is 18.4. The minimum absolute atomic E-state index is 0.270. The Kier molecular flexibility index (Phi) is 4.78. The van der Waals surface area contributed by atoms with E-state index in [0.717, 1.165) is 10.1 Å². The maximum absolute atomic E-state index is 12.7. The monoisotopic (exact) mass is 390 g/mol. The first-order valence-electron chi connectivity index (χ1n) is 9.05. The Morgan fingerprint density at radius 2 is 1.93 bits per heavy atom. The van der Waals surface area contributed by atoms with Gasteiger partial charge < -0.3 is 9.55 Å². The van der Waals surface area contributed by atoms with Crippen LogP contribution in [0.3, 0.4) is 0 Å². The molecule has 0 bridgehead atoms. The molecule has 1 amide bonds. The molecule has 0 spiro atoms. The number of anilines is 1. The van der Waals surface area contributed by atoms with Gasteiger partial charge in [-0.25, -0.2) is 9.78 Å². The summed E-state index contributed by atoms with van der Waals surface area (Å²) in [6.45, 7) is 2.52. The number of carbonyl (C=O) groups is 1. The third-order valence-corrected chi connectivity index (χ3v) is 4.60. The largest absolute Gasteiger partial charge is 0.328 e. The van der Waals surface area contributed by atoms with Crippen LogP contribution in [-0.4, -0.2) is 30.0 Å². The summed E-state index contributed by atoms with van der Waals surface area (Å²) in [5.74, 6) is -0.00333. The van der Waals surface area contributed by atoms with E-state index in [0.29, 0.717) is 29.0 Å². The number of fused-ring (bicyclic) bond motifs is 1. The van der Waals surface area contributed by atoms with E-state index in [-0.39, 0.29) is 12.1 Å². The standard InChI is InChI=1S/C20H18N6O3/c1-2-26-18(28)15-4-3-14(11-16(15)23-20(26)29)17(27)24-19-22-9-10-25(19)12-13-5-7-21-8-6-13/h3-11H,2,12H2,1H3,(H,23,29)(H,22,24,27). The van der Waals surface area contributed by atoms with Crippen LogP contribution < -0.4 is 16.6 Å². The van der Waals surface area contributed by atoms with Crippen LogP contribution in [0.25, 0.3) is 10.9 Å². The summed E-state index contributed by atoms with van der Waals surface area (Å²) in [6, 6.07) is 8.35. The molecule has 1 aromatic carbocycles. The molecule has 29 heavy (non-hydrogen) atoms. The number of benzene rings is 1. The fourth-order valence-electron chi connectivity index (χ4n) is 3.10. The molecule has 3 heterocycles. The number of rotatable bonds is 5. The molecule has 146 valence electrons. The molecule has 0 aliphatic heterocycles. The summed E-state index contributed by atoms with van der Waals surface area (Å²) < 4.78 is 2.91. The number of nitrogens with one attached hydrogen (secondary N) is 2. The molecule has 4 aromatic rings. The molecule has 0 radical (unpaired) electrons. The molecular formula is C20H18N6O3. The quantitative estimate of drug-likeness (QED) is 0.537. The number of pyridine rings is 1. The zero-order chi connectivity index (χ0) is 20.4. The van der Waals surface area contributed by atoms with Crippen molar-refractivity contribution in [1.29, 1.82) is 0 Å². The van der Waals surface area contributed by atoms with Gasteiger partial charge in [0.1, 0.15) is 0 Å². The minimum atomic E-state index is -0.504. The van der Waals surface area contributed by atoms with Crippen LogP contribution in [0.4, 0.5) is 5.95 Å². The number of aromatic amines is 1. The number of H-pyrrole nitrogens is 1. The maximum atomic E-state index is 12.7. The number of hydrogen-bond donors (Lipinski definition) is 2. The smallest absolute Gasteiger partial charge is 0.313 e. The molecule has 3 aromatic heterocycles. The van der Waals surface area contributed by atoms with Gasteiger partial charge in [0, 0.05) is 36.9 Å². The molecule has 9 nitrogen and oxygen atoms in total. The van der Waals surface area contributed by atoms with Gasteiger partial charge in [-0.05, 0) is 42.8 Å². The second-order valence-corrected chi connectivity index (χ2v) is 6.43. The lowest BCUT2D eigenvalue weighted by Crippen LogP contribution is -2.34. The number of aromatic nitrogens is 5. The Hall–Kier alpha value is -4.01. The van der Waals surface area contributed by atoms with Gasteiger partial charge in [0.25, 0.3) is 11.5 Å². The SMILES string of the molecule is CCn1c(=O)[nH]c2cc(C(=O)Nc3nccn3Cc3ccncc3)ccc2c1=O. The molecule has 0 saturated carbocycles. The van der Waals surface area contributed by atoms with Crippen molar-refractivity contribution in [3.05, 3.63) is 87.1 Å². The molecule has 0 aliphatic carbocycles. The summed E-state index contributed by atoms with van der Waals surface area (Å²) in [5, 5.41) is 3.11. The van der Waals surface area contributed by atoms with Gasteiger partial charge in [-0.2, -0.15) is 0 Å². The zero-order valence-electron chi connectivity index (χ0n) is 15.6. The molecule has 0 unspecified atom stereocenters. The second-order valence-electron chi connectivity index (χ2n) is 6.43. The highest BCUT2D eigenvalue weighted by molar-refractivity contribution is 6.05. The first-order valence-corrected chi connectivity index (χ1v) is 9.05. The molecule has 0 fully saturated rings. The van der Waals surface area contributed by atoms with Crippen LogP contribution in [0.1, 0.15) is 22.8 Å². The zero-order valence-corrected chi connectivity index (χ0v) is 15.6. The number of carbonyl (C=O) groups excluding carboxylic acids is 1. The topological polar surface area (TPSA) is 115 Å². The molecule has 9 heteroatoms. The van der Waals surface area contributed by atoms with Gasteiger partial charge in [0.15, 0.2) is 0 Å². The third-order valence-electron chi connectivity index (χ3n) is 4.60. The Balaban J connectivity index is 1.61. The fraction of sp³-hybridized carbons (Fsp3) is 0.150. The van der Waals surface area contributed by atoms with Crippen LogP contribution in [0.5, 0.6) is 0 Å².